The molecule has 0 spiro atoms. The van der Waals surface area contributed by atoms with E-state index in [4.69, 9.17) is 14.6 Å². The van der Waals surface area contributed by atoms with Crippen molar-refractivity contribution >= 4 is 16.0 Å². The molecule has 1 aromatic rings. The first-order valence-electron chi connectivity index (χ1n) is 6.40. The van der Waals surface area contributed by atoms with Crippen LogP contribution in [0.25, 0.3) is 0 Å². The second kappa shape index (κ2) is 6.08. The highest BCUT2D eigenvalue weighted by molar-refractivity contribution is 7.89. The molecule has 1 fully saturated rings. The van der Waals surface area contributed by atoms with E-state index in [0.29, 0.717) is 26.1 Å². The summed E-state index contributed by atoms with van der Waals surface area (Å²) < 4.78 is 46.9. The van der Waals surface area contributed by atoms with E-state index in [1.807, 2.05) is 0 Å². The summed E-state index contributed by atoms with van der Waals surface area (Å²) in [5.41, 5.74) is -0.297. The molecule has 2 rings (SSSR count). The van der Waals surface area contributed by atoms with Crippen molar-refractivity contribution in [2.45, 2.75) is 30.8 Å². The number of hydrogen-bond acceptors (Lipinski definition) is 5. The van der Waals surface area contributed by atoms with Crippen LogP contribution in [0.2, 0.25) is 0 Å². The smallest absolute Gasteiger partial charge is 0.338 e. The first-order chi connectivity index (χ1) is 9.79. The lowest BCUT2D eigenvalue weighted by Crippen LogP contribution is -2.26. The van der Waals surface area contributed by atoms with Crippen LogP contribution in [0.5, 0.6) is 0 Å². The maximum atomic E-state index is 13.8. The molecule has 1 aliphatic heterocycles. The van der Waals surface area contributed by atoms with Gasteiger partial charge in [-0.05, 0) is 19.1 Å². The Morgan fingerprint density at radius 3 is 2.57 bits per heavy atom. The molecule has 0 aliphatic carbocycles. The number of esters is 1. The van der Waals surface area contributed by atoms with Gasteiger partial charge in [-0.3, -0.25) is 0 Å². The first kappa shape index (κ1) is 15.9. The number of hydrogen-bond donors (Lipinski definition) is 1. The topological polar surface area (TPSA) is 95.7 Å². The number of carbonyl (C=O) groups is 1. The minimum atomic E-state index is -4.11. The molecule has 1 heterocycles. The van der Waals surface area contributed by atoms with Crippen LogP contribution >= 0.6 is 0 Å². The normalized spacial score (nSPS) is 16.7. The minimum absolute atomic E-state index is 0.125. The molecule has 0 atom stereocenters. The number of benzene rings is 1. The van der Waals surface area contributed by atoms with Gasteiger partial charge in [0.2, 0.25) is 10.0 Å². The minimum Gasteiger partial charge on any atom is -0.459 e. The Hall–Kier alpha value is -1.51. The summed E-state index contributed by atoms with van der Waals surface area (Å²) in [6.45, 7) is 2.26. The van der Waals surface area contributed by atoms with Gasteiger partial charge in [0, 0.05) is 18.4 Å². The Balaban J connectivity index is 2.27. The maximum Gasteiger partial charge on any atom is 0.338 e. The molecule has 1 aliphatic rings. The quantitative estimate of drug-likeness (QED) is 0.843. The Morgan fingerprint density at radius 1 is 1.38 bits per heavy atom. The third-order valence-corrected chi connectivity index (χ3v) is 4.32. The van der Waals surface area contributed by atoms with Gasteiger partial charge in [-0.2, -0.15) is 0 Å². The molecule has 116 valence electrons. The van der Waals surface area contributed by atoms with Crippen molar-refractivity contribution in [1.82, 2.24) is 0 Å². The highest BCUT2D eigenvalue weighted by Gasteiger charge is 2.23. The average Bonchev–Trinajstić information content (AvgIpc) is 2.41. The van der Waals surface area contributed by atoms with Gasteiger partial charge >= 0.3 is 5.97 Å². The van der Waals surface area contributed by atoms with E-state index < -0.39 is 26.7 Å². The highest BCUT2D eigenvalue weighted by Crippen LogP contribution is 2.21. The van der Waals surface area contributed by atoms with Crippen molar-refractivity contribution < 1.29 is 27.1 Å². The highest BCUT2D eigenvalue weighted by atomic mass is 32.2. The standard InChI is InChI=1S/C13H16FNO5S/c1-8-11(14)6-9(7-12(8)21(15,17)18)13(16)20-10-2-4-19-5-3-10/h6-7,10H,2-5H2,1H3,(H2,15,17,18). The lowest BCUT2D eigenvalue weighted by molar-refractivity contribution is -0.0159. The van der Waals surface area contributed by atoms with Gasteiger partial charge in [0.15, 0.2) is 0 Å². The largest absolute Gasteiger partial charge is 0.459 e. The molecule has 0 unspecified atom stereocenters. The van der Waals surface area contributed by atoms with Gasteiger partial charge in [-0.1, -0.05) is 0 Å². The summed E-state index contributed by atoms with van der Waals surface area (Å²) in [5.74, 6) is -1.59. The van der Waals surface area contributed by atoms with Crippen LogP contribution in [-0.4, -0.2) is 33.7 Å². The molecule has 1 saturated heterocycles. The molecule has 0 amide bonds. The van der Waals surface area contributed by atoms with Crippen LogP contribution in [-0.2, 0) is 19.5 Å². The lowest BCUT2D eigenvalue weighted by Gasteiger charge is -2.22. The zero-order valence-electron chi connectivity index (χ0n) is 11.5. The summed E-state index contributed by atoms with van der Waals surface area (Å²) in [5, 5.41) is 5.02. The fraction of sp³-hybridized carbons (Fsp3) is 0.462. The van der Waals surface area contributed by atoms with Gasteiger partial charge in [-0.15, -0.1) is 0 Å². The Kier molecular flexibility index (Phi) is 4.60. The molecule has 1 aromatic carbocycles. The zero-order chi connectivity index (χ0) is 15.6. The number of halogens is 1. The van der Waals surface area contributed by atoms with Crippen LogP contribution in [0.3, 0.4) is 0 Å². The summed E-state index contributed by atoms with van der Waals surface area (Å²) in [4.78, 5) is 11.6. The number of ether oxygens (including phenoxy) is 2. The Labute approximate surface area is 122 Å². The number of nitrogens with two attached hydrogens (primary N) is 1. The Bertz CT molecular complexity index is 653. The van der Waals surface area contributed by atoms with E-state index in [1.54, 1.807) is 0 Å². The predicted octanol–water partition coefficient (Wildman–Crippen LogP) is 1.12. The number of rotatable bonds is 3. The van der Waals surface area contributed by atoms with E-state index in [0.717, 1.165) is 12.1 Å². The van der Waals surface area contributed by atoms with E-state index >= 15 is 0 Å². The average molecular weight is 317 g/mol. The molecule has 0 aromatic heterocycles. The van der Waals surface area contributed by atoms with E-state index in [-0.39, 0.29) is 17.2 Å². The van der Waals surface area contributed by atoms with Crippen LogP contribution in [0, 0.1) is 12.7 Å². The molecule has 0 bridgehead atoms. The summed E-state index contributed by atoms with van der Waals surface area (Å²) in [6.07, 6.45) is 0.804. The number of sulfonamides is 1. The molecule has 6 nitrogen and oxygen atoms in total. The third-order valence-electron chi connectivity index (χ3n) is 3.28. The van der Waals surface area contributed by atoms with Crippen molar-refractivity contribution in [3.63, 3.8) is 0 Å². The fourth-order valence-electron chi connectivity index (χ4n) is 2.08. The molecular weight excluding hydrogens is 301 g/mol. The zero-order valence-corrected chi connectivity index (χ0v) is 12.3. The van der Waals surface area contributed by atoms with Crippen LogP contribution in [0.15, 0.2) is 17.0 Å². The van der Waals surface area contributed by atoms with Crippen molar-refractivity contribution in [3.8, 4) is 0 Å². The van der Waals surface area contributed by atoms with Gasteiger partial charge < -0.3 is 9.47 Å². The second-order valence-corrected chi connectivity index (χ2v) is 6.37. The number of carbonyl (C=O) groups excluding carboxylic acids is 1. The number of primary sulfonamides is 1. The fourth-order valence-corrected chi connectivity index (χ4v) is 2.90. The van der Waals surface area contributed by atoms with Gasteiger partial charge in [0.05, 0.1) is 23.7 Å². The van der Waals surface area contributed by atoms with Crippen molar-refractivity contribution in [3.05, 3.63) is 29.1 Å². The molecule has 8 heteroatoms. The molecular formula is C13H16FNO5S. The van der Waals surface area contributed by atoms with Gasteiger partial charge in [-0.25, -0.2) is 22.7 Å². The monoisotopic (exact) mass is 317 g/mol. The van der Waals surface area contributed by atoms with Gasteiger partial charge in [0.25, 0.3) is 0 Å². The SMILES string of the molecule is Cc1c(F)cc(C(=O)OC2CCOCC2)cc1S(N)(=O)=O. The molecule has 2 N–H and O–H groups in total. The van der Waals surface area contributed by atoms with Crippen LogP contribution in [0.4, 0.5) is 4.39 Å². The van der Waals surface area contributed by atoms with Crippen molar-refractivity contribution in [2.75, 3.05) is 13.2 Å². The predicted molar refractivity (Wildman–Crippen MR) is 71.8 cm³/mol. The first-order valence-corrected chi connectivity index (χ1v) is 7.95. The Morgan fingerprint density at radius 2 is 2.00 bits per heavy atom. The summed E-state index contributed by atoms with van der Waals surface area (Å²) >= 11 is 0. The molecule has 0 saturated carbocycles. The lowest BCUT2D eigenvalue weighted by atomic mass is 10.1. The maximum absolute atomic E-state index is 13.8. The van der Waals surface area contributed by atoms with Crippen molar-refractivity contribution in [1.29, 1.82) is 0 Å². The molecule has 0 radical (unpaired) electrons. The molecule has 21 heavy (non-hydrogen) atoms. The second-order valence-electron chi connectivity index (χ2n) is 4.84. The van der Waals surface area contributed by atoms with Gasteiger partial charge in [0.1, 0.15) is 11.9 Å². The van der Waals surface area contributed by atoms with Crippen molar-refractivity contribution in [2.24, 2.45) is 5.14 Å². The summed E-state index contributed by atoms with van der Waals surface area (Å²) in [6, 6.07) is 1.99. The summed E-state index contributed by atoms with van der Waals surface area (Å²) in [7, 11) is -4.11. The third kappa shape index (κ3) is 3.78. The van der Waals surface area contributed by atoms with E-state index in [2.05, 4.69) is 0 Å². The van der Waals surface area contributed by atoms with Crippen LogP contribution in [0.1, 0.15) is 28.8 Å². The van der Waals surface area contributed by atoms with E-state index in [9.17, 15) is 17.6 Å². The van der Waals surface area contributed by atoms with E-state index in [1.165, 1.54) is 6.92 Å². The van der Waals surface area contributed by atoms with Crippen LogP contribution < -0.4 is 5.14 Å².